The third-order valence-corrected chi connectivity index (χ3v) is 3.94. The molecular weight excluding hydrogens is 359 g/mol. The van der Waals surface area contributed by atoms with Gasteiger partial charge in [0.1, 0.15) is 5.69 Å². The molecule has 0 aliphatic heterocycles. The van der Waals surface area contributed by atoms with E-state index in [0.29, 0.717) is 22.3 Å². The zero-order valence-electron chi connectivity index (χ0n) is 13.0. The molecule has 0 saturated carbocycles. The van der Waals surface area contributed by atoms with Gasteiger partial charge in [0, 0.05) is 24.0 Å². The predicted molar refractivity (Wildman–Crippen MR) is 100 cm³/mol. The Morgan fingerprint density at radius 3 is 2.64 bits per heavy atom. The van der Waals surface area contributed by atoms with E-state index in [0.717, 1.165) is 11.3 Å². The Hall–Kier alpha value is -2.63. The first-order chi connectivity index (χ1) is 12.1. The van der Waals surface area contributed by atoms with E-state index in [1.807, 2.05) is 12.1 Å². The summed E-state index contributed by atoms with van der Waals surface area (Å²) in [5.41, 5.74) is 2.64. The molecule has 25 heavy (non-hydrogen) atoms. The van der Waals surface area contributed by atoms with Gasteiger partial charge in [-0.2, -0.15) is 0 Å². The van der Waals surface area contributed by atoms with Gasteiger partial charge in [-0.25, -0.2) is 4.98 Å². The quantitative estimate of drug-likeness (QED) is 0.683. The number of carbonyl (C=O) groups excluding carboxylic acids is 1. The Bertz CT molecular complexity index is 870. The smallest absolute Gasteiger partial charge is 0.274 e. The Morgan fingerprint density at radius 1 is 1.08 bits per heavy atom. The zero-order chi connectivity index (χ0) is 17.6. The average Bonchev–Trinajstić information content (AvgIpc) is 2.63. The number of anilines is 2. The lowest BCUT2D eigenvalue weighted by Gasteiger charge is -2.09. The summed E-state index contributed by atoms with van der Waals surface area (Å²) in [4.78, 5) is 20.5. The van der Waals surface area contributed by atoms with Gasteiger partial charge >= 0.3 is 0 Å². The first kappa shape index (κ1) is 17.2. The van der Waals surface area contributed by atoms with Crippen molar-refractivity contribution < 1.29 is 4.79 Å². The van der Waals surface area contributed by atoms with Crippen LogP contribution in [0.15, 0.2) is 61.1 Å². The number of carbonyl (C=O) groups is 1. The maximum absolute atomic E-state index is 12.2. The summed E-state index contributed by atoms with van der Waals surface area (Å²) in [7, 11) is 0. The number of pyridine rings is 2. The first-order valence-corrected chi connectivity index (χ1v) is 8.22. The molecule has 0 radical (unpaired) electrons. The van der Waals surface area contributed by atoms with E-state index in [1.165, 1.54) is 0 Å². The number of rotatable bonds is 5. The molecule has 0 fully saturated rings. The number of halogens is 2. The van der Waals surface area contributed by atoms with Crippen LogP contribution < -0.4 is 10.6 Å². The Balaban J connectivity index is 1.62. The molecule has 0 atom stereocenters. The van der Waals surface area contributed by atoms with Gasteiger partial charge in [0.2, 0.25) is 0 Å². The van der Waals surface area contributed by atoms with Crippen molar-refractivity contribution in [3.8, 4) is 0 Å². The number of aromatic nitrogens is 2. The third-order valence-electron chi connectivity index (χ3n) is 3.39. The van der Waals surface area contributed by atoms with E-state index in [9.17, 15) is 4.79 Å². The van der Waals surface area contributed by atoms with Crippen molar-refractivity contribution in [2.75, 3.05) is 10.6 Å². The summed E-state index contributed by atoms with van der Waals surface area (Å²) >= 11 is 11.9. The van der Waals surface area contributed by atoms with Crippen LogP contribution in [0.5, 0.6) is 0 Å². The molecule has 7 heteroatoms. The molecule has 126 valence electrons. The molecule has 2 aromatic heterocycles. The van der Waals surface area contributed by atoms with Crippen molar-refractivity contribution in [3.05, 3.63) is 82.4 Å². The molecule has 3 rings (SSSR count). The van der Waals surface area contributed by atoms with Crippen LogP contribution in [-0.4, -0.2) is 15.9 Å². The number of benzene rings is 1. The Labute approximate surface area is 155 Å². The van der Waals surface area contributed by atoms with Crippen molar-refractivity contribution in [1.29, 1.82) is 0 Å². The molecule has 0 bridgehead atoms. The number of amides is 1. The fourth-order valence-electron chi connectivity index (χ4n) is 2.12. The lowest BCUT2D eigenvalue weighted by atomic mass is 10.2. The summed E-state index contributed by atoms with van der Waals surface area (Å²) in [6.07, 6.45) is 5.12. The molecule has 0 spiro atoms. The van der Waals surface area contributed by atoms with Crippen LogP contribution in [0.3, 0.4) is 0 Å². The van der Waals surface area contributed by atoms with Crippen LogP contribution in [-0.2, 0) is 6.54 Å². The largest absolute Gasteiger partial charge is 0.380 e. The lowest BCUT2D eigenvalue weighted by molar-refractivity contribution is 0.102. The number of hydrogen-bond acceptors (Lipinski definition) is 4. The fourth-order valence-corrected chi connectivity index (χ4v) is 2.57. The van der Waals surface area contributed by atoms with Gasteiger partial charge in [-0.1, -0.05) is 29.3 Å². The highest BCUT2D eigenvalue weighted by atomic mass is 35.5. The van der Waals surface area contributed by atoms with Crippen molar-refractivity contribution in [2.24, 2.45) is 0 Å². The Kier molecular flexibility index (Phi) is 5.48. The number of nitrogens with zero attached hydrogens (tertiary/aromatic N) is 2. The van der Waals surface area contributed by atoms with E-state index < -0.39 is 0 Å². The van der Waals surface area contributed by atoms with Crippen molar-refractivity contribution in [1.82, 2.24) is 9.97 Å². The molecule has 0 aliphatic carbocycles. The molecule has 3 aromatic rings. The maximum atomic E-state index is 12.2. The predicted octanol–water partition coefficient (Wildman–Crippen LogP) is 4.65. The second-order valence-electron chi connectivity index (χ2n) is 5.23. The highest BCUT2D eigenvalue weighted by Gasteiger charge is 2.10. The second-order valence-corrected chi connectivity index (χ2v) is 6.07. The number of nitrogens with one attached hydrogen (secondary N) is 2. The van der Waals surface area contributed by atoms with E-state index in [4.69, 9.17) is 23.2 Å². The standard InChI is InChI=1S/C18H14Cl2N4O/c19-13-3-5-16(15(20)8-13)24-18(25)17-6-4-14(11-23-17)22-10-12-2-1-7-21-9-12/h1-9,11,22H,10H2,(H,24,25). The molecule has 0 aliphatic rings. The van der Waals surface area contributed by atoms with Crippen LogP contribution in [0.1, 0.15) is 16.1 Å². The normalized spacial score (nSPS) is 10.3. The van der Waals surface area contributed by atoms with Gasteiger partial charge < -0.3 is 10.6 Å². The summed E-state index contributed by atoms with van der Waals surface area (Å²) in [5, 5.41) is 6.81. The zero-order valence-corrected chi connectivity index (χ0v) is 14.6. The van der Waals surface area contributed by atoms with Gasteiger partial charge in [0.05, 0.1) is 22.6 Å². The summed E-state index contributed by atoms with van der Waals surface area (Å²) in [5.74, 6) is -0.344. The third kappa shape index (κ3) is 4.68. The van der Waals surface area contributed by atoms with Gasteiger partial charge in [-0.15, -0.1) is 0 Å². The minimum atomic E-state index is -0.344. The van der Waals surface area contributed by atoms with E-state index in [2.05, 4.69) is 20.6 Å². The summed E-state index contributed by atoms with van der Waals surface area (Å²) in [6.45, 7) is 0.626. The first-order valence-electron chi connectivity index (χ1n) is 7.47. The topological polar surface area (TPSA) is 66.9 Å². The molecule has 0 saturated heterocycles. The van der Waals surface area contributed by atoms with Crippen LogP contribution in [0.2, 0.25) is 10.0 Å². The second kappa shape index (κ2) is 7.96. The minimum absolute atomic E-state index is 0.290. The van der Waals surface area contributed by atoms with E-state index in [1.54, 1.807) is 48.9 Å². The van der Waals surface area contributed by atoms with E-state index >= 15 is 0 Å². The molecule has 2 heterocycles. The van der Waals surface area contributed by atoms with Crippen molar-refractivity contribution in [2.45, 2.75) is 6.54 Å². The summed E-state index contributed by atoms with van der Waals surface area (Å²) < 4.78 is 0. The average molecular weight is 373 g/mol. The minimum Gasteiger partial charge on any atom is -0.380 e. The van der Waals surface area contributed by atoms with E-state index in [-0.39, 0.29) is 11.6 Å². The molecule has 5 nitrogen and oxygen atoms in total. The molecule has 0 unspecified atom stereocenters. The van der Waals surface area contributed by atoms with Crippen LogP contribution >= 0.6 is 23.2 Å². The maximum Gasteiger partial charge on any atom is 0.274 e. The molecule has 1 aromatic carbocycles. The number of hydrogen-bond donors (Lipinski definition) is 2. The molecule has 1 amide bonds. The molecule has 2 N–H and O–H groups in total. The van der Waals surface area contributed by atoms with Gasteiger partial charge in [-0.3, -0.25) is 9.78 Å². The Morgan fingerprint density at radius 2 is 1.96 bits per heavy atom. The van der Waals surface area contributed by atoms with Gasteiger partial charge in [-0.05, 0) is 42.0 Å². The van der Waals surface area contributed by atoms with Crippen LogP contribution in [0.25, 0.3) is 0 Å². The SMILES string of the molecule is O=C(Nc1ccc(Cl)cc1Cl)c1ccc(NCc2cccnc2)cn1. The van der Waals surface area contributed by atoms with Crippen molar-refractivity contribution in [3.63, 3.8) is 0 Å². The summed E-state index contributed by atoms with van der Waals surface area (Å²) in [6, 6.07) is 12.2. The molecular formula is C18H14Cl2N4O. The highest BCUT2D eigenvalue weighted by Crippen LogP contribution is 2.25. The monoisotopic (exact) mass is 372 g/mol. The van der Waals surface area contributed by atoms with Crippen molar-refractivity contribution >= 4 is 40.5 Å². The highest BCUT2D eigenvalue weighted by molar-refractivity contribution is 6.36. The fraction of sp³-hybridized carbons (Fsp3) is 0.0556. The van der Waals surface area contributed by atoms with Crippen LogP contribution in [0, 0.1) is 0 Å². The van der Waals surface area contributed by atoms with Crippen LogP contribution in [0.4, 0.5) is 11.4 Å². The van der Waals surface area contributed by atoms with Gasteiger partial charge in [0.25, 0.3) is 5.91 Å². The van der Waals surface area contributed by atoms with Gasteiger partial charge in [0.15, 0.2) is 0 Å². The lowest BCUT2D eigenvalue weighted by Crippen LogP contribution is -2.14.